The van der Waals surface area contributed by atoms with Crippen LogP contribution in [0.2, 0.25) is 0 Å². The topological polar surface area (TPSA) is 38.9 Å². The van der Waals surface area contributed by atoms with Gasteiger partial charge in [-0.05, 0) is 101 Å². The number of furan rings is 2. The maximum absolute atomic E-state index is 6.49. The Morgan fingerprint density at radius 2 is 1.14 bits per heavy atom. The molecule has 236 valence electrons. The quantitative estimate of drug-likeness (QED) is 0.166. The minimum absolute atomic E-state index is 0.0169. The Labute approximate surface area is 291 Å². The fourth-order valence-electron chi connectivity index (χ4n) is 9.68. The molecule has 0 bridgehead atoms. The van der Waals surface area contributed by atoms with Gasteiger partial charge in [0.1, 0.15) is 28.0 Å². The third-order valence-corrected chi connectivity index (χ3v) is 11.5. The van der Waals surface area contributed by atoms with Crippen molar-refractivity contribution in [2.45, 2.75) is 6.92 Å². The van der Waals surface area contributed by atoms with Crippen molar-refractivity contribution in [2.24, 2.45) is 0 Å². The van der Waals surface area contributed by atoms with Gasteiger partial charge in [-0.15, -0.1) is 0 Å². The summed E-state index contributed by atoms with van der Waals surface area (Å²) in [6.45, 7) is 2.25. The van der Waals surface area contributed by atoms with Crippen LogP contribution in [-0.4, -0.2) is 15.7 Å². The Morgan fingerprint density at radius 1 is 0.490 bits per heavy atom. The zero-order valence-corrected chi connectivity index (χ0v) is 27.5. The molecule has 0 fully saturated rings. The van der Waals surface area contributed by atoms with E-state index in [1.54, 1.807) is 0 Å². The lowest BCUT2D eigenvalue weighted by Gasteiger charge is -2.40. The Balaban J connectivity index is 1.24. The number of anilines is 3. The van der Waals surface area contributed by atoms with Crippen LogP contribution in [0.1, 0.15) is 5.56 Å². The van der Waals surface area contributed by atoms with Gasteiger partial charge < -0.3 is 13.7 Å². The van der Waals surface area contributed by atoms with E-state index in [1.807, 2.05) is 6.07 Å². The van der Waals surface area contributed by atoms with Crippen LogP contribution in [0.4, 0.5) is 17.1 Å². The van der Waals surface area contributed by atoms with Crippen molar-refractivity contribution < 1.29 is 8.83 Å². The molecule has 7 aromatic carbocycles. The molecule has 0 atom stereocenters. The lowest BCUT2D eigenvalue weighted by molar-refractivity contribution is 0.668. The number of hydrogen-bond donors (Lipinski definition) is 0. The summed E-state index contributed by atoms with van der Waals surface area (Å²) in [5.74, 6) is 0. The first-order chi connectivity index (χ1) is 25.2. The monoisotopic (exact) mass is 651 g/mol. The van der Waals surface area contributed by atoms with Crippen molar-refractivity contribution in [2.75, 3.05) is 4.90 Å². The van der Waals surface area contributed by atoms with Crippen LogP contribution in [0.3, 0.4) is 0 Å². The highest BCUT2D eigenvalue weighted by Crippen LogP contribution is 2.47. The van der Waals surface area contributed by atoms with Crippen molar-refractivity contribution in [3.63, 3.8) is 0 Å². The first kappa shape index (κ1) is 26.2. The van der Waals surface area contributed by atoms with Crippen molar-refractivity contribution >= 4 is 112 Å². The molecular formula is C45H26BN3O2. The second kappa shape index (κ2) is 8.92. The molecule has 6 heterocycles. The summed E-state index contributed by atoms with van der Waals surface area (Å²) in [4.78, 5) is 2.50. The summed E-state index contributed by atoms with van der Waals surface area (Å²) in [6.07, 6.45) is 0. The van der Waals surface area contributed by atoms with Gasteiger partial charge in [-0.3, -0.25) is 8.97 Å². The molecule has 6 heteroatoms. The van der Waals surface area contributed by atoms with Gasteiger partial charge in [0.05, 0.1) is 33.0 Å². The fraction of sp³-hybridized carbons (Fsp3) is 0.0222. The number of imidazole rings is 1. The predicted molar refractivity (Wildman–Crippen MR) is 210 cm³/mol. The van der Waals surface area contributed by atoms with Gasteiger partial charge in [-0.25, -0.2) is 0 Å². The van der Waals surface area contributed by atoms with E-state index in [2.05, 4.69) is 154 Å². The molecule has 0 aliphatic carbocycles. The van der Waals surface area contributed by atoms with Gasteiger partial charge in [0.15, 0.2) is 0 Å². The van der Waals surface area contributed by atoms with Crippen LogP contribution in [-0.2, 0) is 0 Å². The molecule has 0 N–H and O–H groups in total. The number of hydrogen-bond acceptors (Lipinski definition) is 3. The maximum atomic E-state index is 6.49. The van der Waals surface area contributed by atoms with E-state index in [0.717, 1.165) is 44.2 Å². The Hall–Kier alpha value is -6.66. The second-order valence-corrected chi connectivity index (χ2v) is 14.1. The standard InChI is InChI=1S/C45H26BN3O2/c1-25-23-34-43-35(24-25)48-31-15-6-7-16-32(31)49-44-28(21-22-39-41(44)27-12-3-9-19-37(27)51-39)42(45(48)49)46(43)29-13-4-5-14-30(29)47(34)33-17-10-20-38-40(33)26-11-2-8-18-36(26)50-38/h2-24H,1H3. The van der Waals surface area contributed by atoms with E-state index in [1.165, 1.54) is 72.0 Å². The molecule has 0 amide bonds. The zero-order chi connectivity index (χ0) is 33.1. The molecule has 5 nitrogen and oxygen atoms in total. The summed E-state index contributed by atoms with van der Waals surface area (Å²) >= 11 is 0. The smallest absolute Gasteiger partial charge is 0.255 e. The van der Waals surface area contributed by atoms with Gasteiger partial charge in [-0.2, -0.15) is 0 Å². The van der Waals surface area contributed by atoms with Crippen LogP contribution in [0.25, 0.3) is 77.1 Å². The molecule has 4 aromatic heterocycles. The normalized spacial score (nSPS) is 13.5. The van der Waals surface area contributed by atoms with E-state index in [9.17, 15) is 0 Å². The van der Waals surface area contributed by atoms with Crippen molar-refractivity contribution in [1.29, 1.82) is 0 Å². The van der Waals surface area contributed by atoms with Crippen LogP contribution in [0.15, 0.2) is 148 Å². The Kier molecular flexibility index (Phi) is 4.59. The van der Waals surface area contributed by atoms with Gasteiger partial charge in [0.2, 0.25) is 0 Å². The second-order valence-electron chi connectivity index (χ2n) is 14.1. The van der Waals surface area contributed by atoms with E-state index in [-0.39, 0.29) is 6.71 Å². The molecule has 51 heavy (non-hydrogen) atoms. The van der Waals surface area contributed by atoms with Gasteiger partial charge in [0, 0.05) is 27.8 Å². The average Bonchev–Trinajstić information content (AvgIpc) is 3.91. The van der Waals surface area contributed by atoms with Crippen molar-refractivity contribution in [3.8, 4) is 5.69 Å². The molecule has 2 aliphatic heterocycles. The van der Waals surface area contributed by atoms with E-state index in [0.29, 0.717) is 0 Å². The zero-order valence-electron chi connectivity index (χ0n) is 27.5. The SMILES string of the molecule is Cc1cc2c3c(c1)-n1c4ccccc4n4c5c(ccc6oc7ccccc7c65)c(c14)B3c1ccccc1N2c1cccc2oc3ccccc3c12. The van der Waals surface area contributed by atoms with Gasteiger partial charge in [-0.1, -0.05) is 72.8 Å². The predicted octanol–water partition coefficient (Wildman–Crippen LogP) is 9.76. The minimum Gasteiger partial charge on any atom is -0.456 e. The molecule has 11 aromatic rings. The lowest BCUT2D eigenvalue weighted by atomic mass is 9.34. The number of aryl methyl sites for hydroxylation is 1. The molecule has 0 unspecified atom stereocenters. The number of aromatic nitrogens is 2. The summed E-state index contributed by atoms with van der Waals surface area (Å²) in [6, 6.07) is 50.4. The third kappa shape index (κ3) is 3.03. The molecular weight excluding hydrogens is 625 g/mol. The summed E-state index contributed by atoms with van der Waals surface area (Å²) < 4.78 is 18.0. The highest BCUT2D eigenvalue weighted by Gasteiger charge is 2.44. The number of para-hydroxylation sites is 5. The molecule has 0 saturated carbocycles. The first-order valence-electron chi connectivity index (χ1n) is 17.6. The van der Waals surface area contributed by atoms with E-state index >= 15 is 0 Å². The highest BCUT2D eigenvalue weighted by molar-refractivity contribution is 7.01. The fourth-order valence-corrected chi connectivity index (χ4v) is 9.68. The lowest BCUT2D eigenvalue weighted by Crippen LogP contribution is -2.60. The van der Waals surface area contributed by atoms with Gasteiger partial charge in [0.25, 0.3) is 6.71 Å². The molecule has 13 rings (SSSR count). The maximum Gasteiger partial charge on any atom is 0.255 e. The number of nitrogens with zero attached hydrogens (tertiary/aromatic N) is 3. The first-order valence-corrected chi connectivity index (χ1v) is 17.6. The van der Waals surface area contributed by atoms with Crippen LogP contribution < -0.4 is 21.3 Å². The molecule has 0 spiro atoms. The minimum atomic E-state index is 0.0169. The van der Waals surface area contributed by atoms with Gasteiger partial charge >= 0.3 is 0 Å². The third-order valence-electron chi connectivity index (χ3n) is 11.5. The largest absolute Gasteiger partial charge is 0.456 e. The van der Waals surface area contributed by atoms with Crippen LogP contribution in [0, 0.1) is 6.92 Å². The Morgan fingerprint density at radius 3 is 1.98 bits per heavy atom. The number of benzene rings is 7. The van der Waals surface area contributed by atoms with E-state index in [4.69, 9.17) is 8.83 Å². The van der Waals surface area contributed by atoms with Crippen molar-refractivity contribution in [1.82, 2.24) is 8.97 Å². The summed E-state index contributed by atoms with van der Waals surface area (Å²) in [7, 11) is 0. The molecule has 0 saturated heterocycles. The summed E-state index contributed by atoms with van der Waals surface area (Å²) in [5, 5.41) is 5.82. The average molecular weight is 652 g/mol. The van der Waals surface area contributed by atoms with Crippen LogP contribution >= 0.6 is 0 Å². The van der Waals surface area contributed by atoms with Crippen molar-refractivity contribution in [3.05, 3.63) is 145 Å². The van der Waals surface area contributed by atoms with Crippen LogP contribution in [0.5, 0.6) is 0 Å². The highest BCUT2D eigenvalue weighted by atomic mass is 16.3. The van der Waals surface area contributed by atoms with E-state index < -0.39 is 0 Å². The Bertz CT molecular complexity index is 3360. The number of fused-ring (bicyclic) bond motifs is 17. The number of rotatable bonds is 1. The summed E-state index contributed by atoms with van der Waals surface area (Å²) in [5.41, 5.74) is 18.4. The molecule has 0 radical (unpaired) electrons. The molecule has 2 aliphatic rings.